The van der Waals surface area contributed by atoms with Crippen LogP contribution in [0.25, 0.3) is 0 Å². The predicted molar refractivity (Wildman–Crippen MR) is 156 cm³/mol. The lowest BCUT2D eigenvalue weighted by molar-refractivity contribution is -0.140. The summed E-state index contributed by atoms with van der Waals surface area (Å²) < 4.78 is 12.1. The summed E-state index contributed by atoms with van der Waals surface area (Å²) in [5.41, 5.74) is 0. The summed E-state index contributed by atoms with van der Waals surface area (Å²) in [4.78, 5) is 13.4. The number of carbonyl (C=O) groups is 1. The highest BCUT2D eigenvalue weighted by Crippen LogP contribution is 2.38. The summed E-state index contributed by atoms with van der Waals surface area (Å²) in [5.74, 6) is -0.315. The highest BCUT2D eigenvalue weighted by Gasteiger charge is 2.50. The number of carbonyl (C=O) groups excluding carboxylic acids is 1. The summed E-state index contributed by atoms with van der Waals surface area (Å²) in [5, 5.41) is 12.8. The number of hydrogen-bond donors (Lipinski definition) is 1. The molecule has 3 rings (SSSR count). The van der Waals surface area contributed by atoms with Crippen molar-refractivity contribution in [2.24, 2.45) is 0 Å². The molecule has 0 aliphatic heterocycles. The minimum absolute atomic E-state index is 0.0701. The van der Waals surface area contributed by atoms with Crippen molar-refractivity contribution < 1.29 is 19.1 Å². The molecule has 1 N–H and O–H groups in total. The number of hydrogen-bond acceptors (Lipinski definition) is 5. The molecular formula is C31H40O4SSi. The largest absolute Gasteiger partial charge is 0.468 e. The molecule has 3 aromatic carbocycles. The summed E-state index contributed by atoms with van der Waals surface area (Å²) in [6.45, 7) is 8.90. The van der Waals surface area contributed by atoms with E-state index in [2.05, 4.69) is 76.2 Å². The highest BCUT2D eigenvalue weighted by molar-refractivity contribution is 8.00. The Hall–Kier alpha value is -2.38. The van der Waals surface area contributed by atoms with Crippen molar-refractivity contribution in [2.75, 3.05) is 7.11 Å². The maximum atomic E-state index is 12.4. The Bertz CT molecular complexity index is 1050. The molecule has 0 fully saturated rings. The highest BCUT2D eigenvalue weighted by atomic mass is 32.2. The van der Waals surface area contributed by atoms with Gasteiger partial charge in [0.1, 0.15) is 5.25 Å². The van der Waals surface area contributed by atoms with Gasteiger partial charge < -0.3 is 14.3 Å². The van der Waals surface area contributed by atoms with Crippen LogP contribution in [0.2, 0.25) is 5.04 Å². The molecule has 3 aromatic rings. The molecule has 0 radical (unpaired) electrons. The zero-order chi connectivity index (χ0) is 26.9. The van der Waals surface area contributed by atoms with Gasteiger partial charge in [-0.3, -0.25) is 4.79 Å². The van der Waals surface area contributed by atoms with Crippen LogP contribution in [0.15, 0.2) is 95.9 Å². The number of esters is 1. The first-order chi connectivity index (χ1) is 17.7. The van der Waals surface area contributed by atoms with E-state index in [1.807, 2.05) is 42.5 Å². The zero-order valence-corrected chi connectivity index (χ0v) is 24.4. The average molecular weight is 537 g/mol. The van der Waals surface area contributed by atoms with Gasteiger partial charge in [-0.1, -0.05) is 99.6 Å². The van der Waals surface area contributed by atoms with Gasteiger partial charge in [0, 0.05) is 11.0 Å². The fraction of sp³-hybridized carbons (Fsp3) is 0.387. The van der Waals surface area contributed by atoms with Crippen molar-refractivity contribution >= 4 is 36.4 Å². The molecule has 0 heterocycles. The van der Waals surface area contributed by atoms with Crippen molar-refractivity contribution in [1.82, 2.24) is 0 Å². The molecule has 3 atom stereocenters. The molecule has 0 spiro atoms. The van der Waals surface area contributed by atoms with E-state index in [4.69, 9.17) is 9.16 Å². The maximum absolute atomic E-state index is 12.4. The molecule has 0 bridgehead atoms. The molecule has 0 amide bonds. The molecule has 1 unspecified atom stereocenters. The second-order valence-electron chi connectivity index (χ2n) is 10.5. The quantitative estimate of drug-likeness (QED) is 0.180. The number of aliphatic hydroxyl groups is 1. The Labute approximate surface area is 227 Å². The van der Waals surface area contributed by atoms with Gasteiger partial charge in [-0.15, -0.1) is 11.8 Å². The van der Waals surface area contributed by atoms with Gasteiger partial charge in [-0.05, 0) is 53.7 Å². The topological polar surface area (TPSA) is 55.8 Å². The molecule has 0 aliphatic carbocycles. The molecule has 6 heteroatoms. The van der Waals surface area contributed by atoms with E-state index < -0.39 is 19.7 Å². The van der Waals surface area contributed by atoms with Crippen LogP contribution in [0.3, 0.4) is 0 Å². The molecule has 4 nitrogen and oxygen atoms in total. The second kappa shape index (κ2) is 13.4. The van der Waals surface area contributed by atoms with Gasteiger partial charge in [0.2, 0.25) is 0 Å². The summed E-state index contributed by atoms with van der Waals surface area (Å²) >= 11 is 1.43. The first-order valence-corrected chi connectivity index (χ1v) is 15.7. The molecule has 0 saturated carbocycles. The molecule has 0 aromatic heterocycles. The molecule has 0 saturated heterocycles. The van der Waals surface area contributed by atoms with E-state index in [1.54, 1.807) is 0 Å². The normalized spacial score (nSPS) is 14.5. The van der Waals surface area contributed by atoms with Crippen LogP contribution in [-0.4, -0.2) is 44.0 Å². The Morgan fingerprint density at radius 2 is 1.35 bits per heavy atom. The maximum Gasteiger partial charge on any atom is 0.319 e. The van der Waals surface area contributed by atoms with Gasteiger partial charge in [0.05, 0.1) is 13.2 Å². The standard InChI is InChI=1S/C31H40O4SSi/c1-24(21-22-25(32)23-29(30(33)34-5)36-26-15-9-6-10-16-26)35-37(31(2,3)4,27-17-11-7-12-18-27)28-19-13-8-14-20-28/h6-20,24-25,29,32H,21-23H2,1-5H3/t24-,25+,29?/m0/s1. The van der Waals surface area contributed by atoms with Gasteiger partial charge in [0.25, 0.3) is 8.32 Å². The minimum Gasteiger partial charge on any atom is -0.468 e. The summed E-state index contributed by atoms with van der Waals surface area (Å²) in [6.07, 6.45) is 0.862. The van der Waals surface area contributed by atoms with E-state index in [1.165, 1.54) is 29.2 Å². The fourth-order valence-corrected chi connectivity index (χ4v) is 10.7. The number of thioether (sulfide) groups is 1. The first kappa shape index (κ1) is 29.2. The Balaban J connectivity index is 1.75. The van der Waals surface area contributed by atoms with Crippen molar-refractivity contribution in [2.45, 2.75) is 74.3 Å². The first-order valence-electron chi connectivity index (χ1n) is 12.9. The van der Waals surface area contributed by atoms with Crippen LogP contribution in [0, 0.1) is 0 Å². The average Bonchev–Trinajstić information content (AvgIpc) is 2.90. The predicted octanol–water partition coefficient (Wildman–Crippen LogP) is 5.82. The SMILES string of the molecule is COC(=O)C(C[C@H](O)CC[C@H](C)O[Si](c1ccccc1)(c1ccccc1)C(C)(C)C)Sc1ccccc1. The van der Waals surface area contributed by atoms with E-state index in [0.29, 0.717) is 19.3 Å². The zero-order valence-electron chi connectivity index (χ0n) is 22.6. The molecule has 37 heavy (non-hydrogen) atoms. The van der Waals surface area contributed by atoms with Gasteiger partial charge in [0.15, 0.2) is 0 Å². The van der Waals surface area contributed by atoms with Crippen LogP contribution in [0.1, 0.15) is 47.0 Å². The summed E-state index contributed by atoms with van der Waals surface area (Å²) in [7, 11) is -1.26. The van der Waals surface area contributed by atoms with E-state index in [-0.39, 0.29) is 17.1 Å². The van der Waals surface area contributed by atoms with Gasteiger partial charge in [-0.25, -0.2) is 0 Å². The number of aliphatic hydroxyl groups excluding tert-OH is 1. The third-order valence-electron chi connectivity index (χ3n) is 6.67. The fourth-order valence-electron chi connectivity index (χ4n) is 4.83. The van der Waals surface area contributed by atoms with Gasteiger partial charge >= 0.3 is 5.97 Å². The van der Waals surface area contributed by atoms with Crippen LogP contribution in [0.4, 0.5) is 0 Å². The third-order valence-corrected chi connectivity index (χ3v) is 13.0. The van der Waals surface area contributed by atoms with Crippen LogP contribution in [0.5, 0.6) is 0 Å². The smallest absolute Gasteiger partial charge is 0.319 e. The van der Waals surface area contributed by atoms with E-state index >= 15 is 0 Å². The van der Waals surface area contributed by atoms with Crippen LogP contribution >= 0.6 is 11.8 Å². The Morgan fingerprint density at radius 3 is 1.81 bits per heavy atom. The monoisotopic (exact) mass is 536 g/mol. The van der Waals surface area contributed by atoms with Crippen molar-refractivity contribution in [1.29, 1.82) is 0 Å². The third kappa shape index (κ3) is 7.57. The lowest BCUT2D eigenvalue weighted by atomic mass is 10.1. The van der Waals surface area contributed by atoms with Crippen molar-refractivity contribution in [3.05, 3.63) is 91.0 Å². The van der Waals surface area contributed by atoms with Crippen LogP contribution in [-0.2, 0) is 14.0 Å². The van der Waals surface area contributed by atoms with Crippen molar-refractivity contribution in [3.63, 3.8) is 0 Å². The molecule has 198 valence electrons. The summed E-state index contributed by atoms with van der Waals surface area (Å²) in [6, 6.07) is 30.9. The number of benzene rings is 3. The molecule has 0 aliphatic rings. The number of ether oxygens (including phenoxy) is 1. The lowest BCUT2D eigenvalue weighted by Gasteiger charge is -2.44. The van der Waals surface area contributed by atoms with Crippen molar-refractivity contribution in [3.8, 4) is 0 Å². The van der Waals surface area contributed by atoms with Gasteiger partial charge in [-0.2, -0.15) is 0 Å². The van der Waals surface area contributed by atoms with E-state index in [9.17, 15) is 9.90 Å². The Kier molecular flexibility index (Phi) is 10.6. The van der Waals surface area contributed by atoms with Crippen LogP contribution < -0.4 is 10.4 Å². The second-order valence-corrected chi connectivity index (χ2v) is 16.0. The van der Waals surface area contributed by atoms with E-state index in [0.717, 1.165) is 4.90 Å². The minimum atomic E-state index is -2.65. The lowest BCUT2D eigenvalue weighted by Crippen LogP contribution is -2.67. The number of rotatable bonds is 12. The Morgan fingerprint density at radius 1 is 0.865 bits per heavy atom. The molecular weight excluding hydrogens is 496 g/mol. The number of methoxy groups -OCH3 is 1.